The number of rotatable bonds is 6. The third kappa shape index (κ3) is 3.98. The first-order valence-corrected chi connectivity index (χ1v) is 7.40. The van der Waals surface area contributed by atoms with Crippen LogP contribution in [-0.2, 0) is 0 Å². The fraction of sp³-hybridized carbons (Fsp3) is 0.286. The summed E-state index contributed by atoms with van der Waals surface area (Å²) < 4.78 is 26.1. The lowest BCUT2D eigenvalue weighted by atomic mass is 10.3. The first-order chi connectivity index (χ1) is 10.1. The molecular formula is C14H16F2N4S. The van der Waals surface area contributed by atoms with Crippen molar-refractivity contribution in [2.75, 3.05) is 23.4 Å². The van der Waals surface area contributed by atoms with Gasteiger partial charge in [-0.05, 0) is 26.0 Å². The van der Waals surface area contributed by atoms with Crippen LogP contribution in [0.5, 0.6) is 0 Å². The molecule has 1 heterocycles. The highest BCUT2D eigenvalue weighted by molar-refractivity contribution is 7.17. The largest absolute Gasteiger partial charge is 0.349 e. The molecule has 1 N–H and O–H groups in total. The van der Waals surface area contributed by atoms with Gasteiger partial charge in [0, 0.05) is 25.4 Å². The molecule has 0 unspecified atom stereocenters. The molecule has 7 heteroatoms. The standard InChI is InChI=1S/C14H16F2N4S/c1-3-20(4-2)14-17-8-11(21-14)9-18-19-13-6-5-10(15)7-12(13)16/h5-9,19H,3-4H2,1-2H3/b18-9-. The van der Waals surface area contributed by atoms with Crippen molar-refractivity contribution in [1.29, 1.82) is 0 Å². The normalized spacial score (nSPS) is 11.0. The Labute approximate surface area is 126 Å². The number of benzene rings is 1. The van der Waals surface area contributed by atoms with Crippen molar-refractivity contribution in [2.45, 2.75) is 13.8 Å². The Kier molecular flexibility index (Phi) is 5.21. The predicted molar refractivity (Wildman–Crippen MR) is 83.2 cm³/mol. The highest BCUT2D eigenvalue weighted by atomic mass is 32.1. The molecule has 0 saturated heterocycles. The fourth-order valence-corrected chi connectivity index (χ4v) is 2.64. The second-order valence-corrected chi connectivity index (χ2v) is 5.25. The maximum absolute atomic E-state index is 13.4. The molecule has 0 aliphatic rings. The molecule has 112 valence electrons. The van der Waals surface area contributed by atoms with Crippen molar-refractivity contribution in [3.8, 4) is 0 Å². The predicted octanol–water partition coefficient (Wildman–Crippen LogP) is 3.71. The Morgan fingerprint density at radius 2 is 2.10 bits per heavy atom. The van der Waals surface area contributed by atoms with Gasteiger partial charge in [0.05, 0.1) is 16.8 Å². The number of hydrogen-bond acceptors (Lipinski definition) is 5. The van der Waals surface area contributed by atoms with E-state index in [2.05, 4.69) is 34.3 Å². The zero-order chi connectivity index (χ0) is 15.2. The highest BCUT2D eigenvalue weighted by Gasteiger charge is 2.06. The second-order valence-electron chi connectivity index (χ2n) is 4.21. The molecule has 1 aromatic heterocycles. The second kappa shape index (κ2) is 7.12. The van der Waals surface area contributed by atoms with E-state index in [9.17, 15) is 8.78 Å². The van der Waals surface area contributed by atoms with Crippen molar-refractivity contribution >= 4 is 28.4 Å². The minimum Gasteiger partial charge on any atom is -0.349 e. The summed E-state index contributed by atoms with van der Waals surface area (Å²) in [6, 6.07) is 3.28. The van der Waals surface area contributed by atoms with Crippen LogP contribution in [0.3, 0.4) is 0 Å². The lowest BCUT2D eigenvalue weighted by Gasteiger charge is -2.16. The van der Waals surface area contributed by atoms with Gasteiger partial charge < -0.3 is 4.90 Å². The van der Waals surface area contributed by atoms with E-state index in [1.807, 2.05) is 0 Å². The molecule has 0 fully saturated rings. The van der Waals surface area contributed by atoms with Crippen molar-refractivity contribution < 1.29 is 8.78 Å². The number of halogens is 2. The van der Waals surface area contributed by atoms with E-state index in [1.165, 1.54) is 23.5 Å². The minimum absolute atomic E-state index is 0.126. The Morgan fingerprint density at radius 1 is 1.33 bits per heavy atom. The van der Waals surface area contributed by atoms with Crippen LogP contribution < -0.4 is 10.3 Å². The van der Waals surface area contributed by atoms with E-state index in [1.54, 1.807) is 12.4 Å². The summed E-state index contributed by atoms with van der Waals surface area (Å²) in [6.07, 6.45) is 3.28. The zero-order valence-electron chi connectivity index (χ0n) is 11.8. The fourth-order valence-electron chi connectivity index (χ4n) is 1.72. The number of thiazole rings is 1. The summed E-state index contributed by atoms with van der Waals surface area (Å²) in [5.74, 6) is -1.30. The quantitative estimate of drug-likeness (QED) is 0.653. The van der Waals surface area contributed by atoms with Crippen LogP contribution in [0.1, 0.15) is 18.7 Å². The molecule has 21 heavy (non-hydrogen) atoms. The summed E-state index contributed by atoms with van der Waals surface area (Å²) >= 11 is 1.50. The first-order valence-electron chi connectivity index (χ1n) is 6.59. The topological polar surface area (TPSA) is 40.5 Å². The Hall–Kier alpha value is -2.02. The van der Waals surface area contributed by atoms with Gasteiger partial charge in [-0.1, -0.05) is 11.3 Å². The molecule has 2 aromatic rings. The third-order valence-electron chi connectivity index (χ3n) is 2.85. The molecule has 0 amide bonds. The van der Waals surface area contributed by atoms with Crippen molar-refractivity contribution in [1.82, 2.24) is 4.98 Å². The van der Waals surface area contributed by atoms with Crippen molar-refractivity contribution in [2.24, 2.45) is 5.10 Å². The van der Waals surface area contributed by atoms with E-state index in [4.69, 9.17) is 0 Å². The van der Waals surface area contributed by atoms with Crippen LogP contribution >= 0.6 is 11.3 Å². The molecule has 4 nitrogen and oxygen atoms in total. The van der Waals surface area contributed by atoms with Crippen LogP contribution in [0.15, 0.2) is 29.5 Å². The number of nitrogens with one attached hydrogen (secondary N) is 1. The highest BCUT2D eigenvalue weighted by Crippen LogP contribution is 2.21. The van der Waals surface area contributed by atoms with E-state index < -0.39 is 11.6 Å². The van der Waals surface area contributed by atoms with Gasteiger partial charge >= 0.3 is 0 Å². The van der Waals surface area contributed by atoms with Gasteiger partial charge in [-0.25, -0.2) is 13.8 Å². The van der Waals surface area contributed by atoms with Gasteiger partial charge in [-0.2, -0.15) is 5.10 Å². The lowest BCUT2D eigenvalue weighted by Crippen LogP contribution is -2.21. The van der Waals surface area contributed by atoms with Gasteiger partial charge in [0.15, 0.2) is 10.9 Å². The van der Waals surface area contributed by atoms with Gasteiger partial charge in [0.2, 0.25) is 0 Å². The summed E-state index contributed by atoms with van der Waals surface area (Å²) in [7, 11) is 0. The zero-order valence-corrected chi connectivity index (χ0v) is 12.6. The van der Waals surface area contributed by atoms with Gasteiger partial charge in [-0.15, -0.1) is 0 Å². The Balaban J connectivity index is 2.01. The number of aromatic nitrogens is 1. The lowest BCUT2D eigenvalue weighted by molar-refractivity contribution is 0.585. The molecule has 0 saturated carbocycles. The molecule has 0 bridgehead atoms. The van der Waals surface area contributed by atoms with Gasteiger partial charge in [-0.3, -0.25) is 5.43 Å². The van der Waals surface area contributed by atoms with Gasteiger partial charge in [0.25, 0.3) is 0 Å². The molecule has 0 aliphatic carbocycles. The third-order valence-corrected chi connectivity index (χ3v) is 3.85. The molecule has 0 radical (unpaired) electrons. The number of hydrogen-bond donors (Lipinski definition) is 1. The molecule has 0 spiro atoms. The average Bonchev–Trinajstić information content (AvgIpc) is 2.91. The van der Waals surface area contributed by atoms with Crippen LogP contribution in [0.2, 0.25) is 0 Å². The monoisotopic (exact) mass is 310 g/mol. The maximum atomic E-state index is 13.4. The van der Waals surface area contributed by atoms with E-state index in [0.717, 1.165) is 29.2 Å². The number of nitrogens with zero attached hydrogens (tertiary/aromatic N) is 3. The SMILES string of the molecule is CCN(CC)c1ncc(/C=N\Nc2ccc(F)cc2F)s1. The molecule has 0 aliphatic heterocycles. The summed E-state index contributed by atoms with van der Waals surface area (Å²) in [6.45, 7) is 5.91. The van der Waals surface area contributed by atoms with E-state index in [-0.39, 0.29) is 5.69 Å². The van der Waals surface area contributed by atoms with Crippen molar-refractivity contribution in [3.63, 3.8) is 0 Å². The van der Waals surface area contributed by atoms with Gasteiger partial charge in [0.1, 0.15) is 5.82 Å². The van der Waals surface area contributed by atoms with E-state index >= 15 is 0 Å². The van der Waals surface area contributed by atoms with Crippen molar-refractivity contribution in [3.05, 3.63) is 40.9 Å². The van der Waals surface area contributed by atoms with Crippen LogP contribution in [0.4, 0.5) is 19.6 Å². The number of anilines is 2. The van der Waals surface area contributed by atoms with Crippen LogP contribution in [0, 0.1) is 11.6 Å². The molecular weight excluding hydrogens is 294 g/mol. The smallest absolute Gasteiger partial charge is 0.185 e. The minimum atomic E-state index is -0.680. The Bertz CT molecular complexity index is 623. The van der Waals surface area contributed by atoms with E-state index in [0.29, 0.717) is 0 Å². The number of hydrazone groups is 1. The first kappa shape index (κ1) is 15.4. The molecule has 1 aromatic carbocycles. The molecule has 2 rings (SSSR count). The van der Waals surface area contributed by atoms with Crippen LogP contribution in [0.25, 0.3) is 0 Å². The maximum Gasteiger partial charge on any atom is 0.185 e. The summed E-state index contributed by atoms with van der Waals surface area (Å²) in [5, 5.41) is 4.87. The average molecular weight is 310 g/mol. The molecule has 0 atom stereocenters. The summed E-state index contributed by atoms with van der Waals surface area (Å²) in [4.78, 5) is 7.30. The summed E-state index contributed by atoms with van der Waals surface area (Å²) in [5.41, 5.74) is 2.67. The van der Waals surface area contributed by atoms with Crippen LogP contribution in [-0.4, -0.2) is 24.3 Å². The Morgan fingerprint density at radius 3 is 2.76 bits per heavy atom.